The van der Waals surface area contributed by atoms with Gasteiger partial charge in [0, 0.05) is 0 Å². The lowest BCUT2D eigenvalue weighted by molar-refractivity contribution is 0.550. The summed E-state index contributed by atoms with van der Waals surface area (Å²) in [5.74, 6) is 0.558. The average Bonchev–Trinajstić information content (AvgIpc) is 2.54. The van der Waals surface area contributed by atoms with Crippen molar-refractivity contribution in [2.45, 2.75) is 59.3 Å². The van der Waals surface area contributed by atoms with Crippen LogP contribution in [0.2, 0.25) is 0 Å². The summed E-state index contributed by atoms with van der Waals surface area (Å²) in [6.45, 7) is 14.6. The maximum atomic E-state index is 4.05. The minimum absolute atomic E-state index is 0.558. The van der Waals surface area contributed by atoms with E-state index in [0.29, 0.717) is 5.92 Å². The molecule has 0 saturated carbocycles. The molecule has 0 amide bonds. The number of rotatable bonds is 10. The molecule has 0 bridgehead atoms. The van der Waals surface area contributed by atoms with Crippen molar-refractivity contribution >= 4 is 5.57 Å². The van der Waals surface area contributed by atoms with Crippen LogP contribution in [0.5, 0.6) is 0 Å². The molecule has 0 radical (unpaired) electrons. The molecule has 22 heavy (non-hydrogen) atoms. The summed E-state index contributed by atoms with van der Waals surface area (Å²) in [5.41, 5.74) is 5.52. The second kappa shape index (κ2) is 10.2. The number of benzene rings is 1. The fourth-order valence-corrected chi connectivity index (χ4v) is 2.89. The van der Waals surface area contributed by atoms with Gasteiger partial charge >= 0.3 is 0 Å². The van der Waals surface area contributed by atoms with Crippen molar-refractivity contribution in [2.75, 3.05) is 0 Å². The molecule has 0 heteroatoms. The zero-order valence-corrected chi connectivity index (χ0v) is 14.7. The lowest BCUT2D eigenvalue weighted by atomic mass is 9.87. The first-order chi connectivity index (χ1) is 10.7. The Bertz CT molecular complexity index is 505. The zero-order valence-electron chi connectivity index (χ0n) is 14.7. The Morgan fingerprint density at radius 3 is 2.55 bits per heavy atom. The maximum Gasteiger partial charge on any atom is -0.0192 e. The van der Waals surface area contributed by atoms with Gasteiger partial charge in [-0.05, 0) is 54.4 Å². The molecular formula is C22H32. The Morgan fingerprint density at radius 2 is 1.95 bits per heavy atom. The summed E-state index contributed by atoms with van der Waals surface area (Å²) in [6, 6.07) is 6.82. The van der Waals surface area contributed by atoms with Crippen molar-refractivity contribution < 1.29 is 0 Å². The maximum absolute atomic E-state index is 4.05. The first kappa shape index (κ1) is 18.5. The Kier molecular flexibility index (Phi) is 8.58. The predicted octanol–water partition coefficient (Wildman–Crippen LogP) is 6.90. The van der Waals surface area contributed by atoms with Gasteiger partial charge in [0.05, 0.1) is 0 Å². The highest BCUT2D eigenvalue weighted by atomic mass is 14.2. The molecule has 0 aliphatic carbocycles. The molecule has 0 N–H and O–H groups in total. The third-order valence-corrected chi connectivity index (χ3v) is 4.37. The Morgan fingerprint density at radius 1 is 1.18 bits per heavy atom. The van der Waals surface area contributed by atoms with Crippen molar-refractivity contribution in [3.05, 3.63) is 66.3 Å². The summed E-state index contributed by atoms with van der Waals surface area (Å²) in [7, 11) is 0. The smallest absolute Gasteiger partial charge is 0.0192 e. The first-order valence-electron chi connectivity index (χ1n) is 8.70. The topological polar surface area (TPSA) is 0 Å². The van der Waals surface area contributed by atoms with Gasteiger partial charge in [-0.3, -0.25) is 0 Å². The quantitative estimate of drug-likeness (QED) is 0.250. The fourth-order valence-electron chi connectivity index (χ4n) is 2.89. The molecule has 1 rings (SSSR count). The molecule has 0 aliphatic heterocycles. The van der Waals surface area contributed by atoms with Crippen LogP contribution in [0.3, 0.4) is 0 Å². The summed E-state index contributed by atoms with van der Waals surface area (Å²) < 4.78 is 0. The van der Waals surface area contributed by atoms with Gasteiger partial charge in [-0.1, -0.05) is 76.1 Å². The van der Waals surface area contributed by atoms with E-state index < -0.39 is 0 Å². The van der Waals surface area contributed by atoms with Gasteiger partial charge in [0.15, 0.2) is 0 Å². The highest BCUT2D eigenvalue weighted by Crippen LogP contribution is 2.29. The van der Waals surface area contributed by atoms with Crippen LogP contribution in [0.4, 0.5) is 0 Å². The first-order valence-corrected chi connectivity index (χ1v) is 8.70. The van der Waals surface area contributed by atoms with E-state index in [0.717, 1.165) is 12.8 Å². The summed E-state index contributed by atoms with van der Waals surface area (Å²) >= 11 is 0. The lowest BCUT2D eigenvalue weighted by Gasteiger charge is -2.17. The van der Waals surface area contributed by atoms with E-state index >= 15 is 0 Å². The lowest BCUT2D eigenvalue weighted by Crippen LogP contribution is -2.01. The van der Waals surface area contributed by atoms with Crippen molar-refractivity contribution in [2.24, 2.45) is 5.92 Å². The number of allylic oxidation sites excluding steroid dienone is 4. The monoisotopic (exact) mass is 296 g/mol. The molecule has 0 saturated heterocycles. The Labute approximate surface area is 137 Å². The Hall–Kier alpha value is -1.56. The number of aryl methyl sites for hydroxylation is 2. The van der Waals surface area contributed by atoms with Gasteiger partial charge in [-0.2, -0.15) is 0 Å². The number of unbranched alkanes of at least 4 members (excludes halogenated alkanes) is 2. The minimum atomic E-state index is 0.558. The fraction of sp³-hybridized carbons (Fsp3) is 0.455. The molecule has 0 nitrogen and oxygen atoms in total. The van der Waals surface area contributed by atoms with Crippen molar-refractivity contribution in [3.8, 4) is 0 Å². The molecule has 0 heterocycles. The molecule has 0 aromatic heterocycles. The SMILES string of the molecule is C=C/C=C(/CC(C=C)CCCCC)c1cc(CC)ccc1C. The van der Waals surface area contributed by atoms with Gasteiger partial charge in [-0.15, -0.1) is 6.58 Å². The van der Waals surface area contributed by atoms with E-state index in [2.05, 4.69) is 64.3 Å². The molecule has 1 aromatic rings. The van der Waals surface area contributed by atoms with Gasteiger partial charge in [0.1, 0.15) is 0 Å². The Balaban J connectivity index is 2.96. The second-order valence-corrected chi connectivity index (χ2v) is 6.13. The largest absolute Gasteiger partial charge is 0.103 e. The zero-order chi connectivity index (χ0) is 16.4. The van der Waals surface area contributed by atoms with Crippen LogP contribution in [0.1, 0.15) is 62.6 Å². The normalized spacial score (nSPS) is 13.0. The van der Waals surface area contributed by atoms with Crippen molar-refractivity contribution in [3.63, 3.8) is 0 Å². The number of hydrogen-bond donors (Lipinski definition) is 0. The predicted molar refractivity (Wildman–Crippen MR) is 101 cm³/mol. The van der Waals surface area contributed by atoms with Crippen LogP contribution in [0.15, 0.2) is 49.6 Å². The van der Waals surface area contributed by atoms with Crippen LogP contribution >= 0.6 is 0 Å². The number of hydrogen-bond acceptors (Lipinski definition) is 0. The second-order valence-electron chi connectivity index (χ2n) is 6.13. The molecule has 1 unspecified atom stereocenters. The highest BCUT2D eigenvalue weighted by Gasteiger charge is 2.11. The average molecular weight is 296 g/mol. The highest BCUT2D eigenvalue weighted by molar-refractivity contribution is 5.70. The third kappa shape index (κ3) is 5.67. The van der Waals surface area contributed by atoms with Crippen LogP contribution in [-0.4, -0.2) is 0 Å². The van der Waals surface area contributed by atoms with E-state index in [1.54, 1.807) is 0 Å². The van der Waals surface area contributed by atoms with E-state index in [9.17, 15) is 0 Å². The van der Waals surface area contributed by atoms with Gasteiger partial charge < -0.3 is 0 Å². The molecule has 0 spiro atoms. The van der Waals surface area contributed by atoms with E-state index in [4.69, 9.17) is 0 Å². The van der Waals surface area contributed by atoms with Crippen LogP contribution in [0, 0.1) is 12.8 Å². The standard InChI is InChI=1S/C22H32/c1-6-10-11-13-19(8-3)16-21(12-7-2)22-17-20(9-4)15-14-18(22)5/h7-8,12,14-15,17,19H,2-3,6,9-11,13,16H2,1,4-5H3/b21-12-. The molecule has 0 aliphatic rings. The van der Waals surface area contributed by atoms with Crippen LogP contribution < -0.4 is 0 Å². The molecule has 1 atom stereocenters. The third-order valence-electron chi connectivity index (χ3n) is 4.37. The van der Waals surface area contributed by atoms with Gasteiger partial charge in [0.25, 0.3) is 0 Å². The van der Waals surface area contributed by atoms with Crippen molar-refractivity contribution in [1.29, 1.82) is 0 Å². The van der Waals surface area contributed by atoms with E-state index in [-0.39, 0.29) is 0 Å². The summed E-state index contributed by atoms with van der Waals surface area (Å²) in [6.07, 6.45) is 13.5. The van der Waals surface area contributed by atoms with Gasteiger partial charge in [-0.25, -0.2) is 0 Å². The van der Waals surface area contributed by atoms with Crippen LogP contribution in [0.25, 0.3) is 5.57 Å². The molecular weight excluding hydrogens is 264 g/mol. The minimum Gasteiger partial charge on any atom is -0.103 e. The van der Waals surface area contributed by atoms with E-state index in [1.165, 1.54) is 47.9 Å². The van der Waals surface area contributed by atoms with Gasteiger partial charge in [0.2, 0.25) is 0 Å². The summed E-state index contributed by atoms with van der Waals surface area (Å²) in [4.78, 5) is 0. The van der Waals surface area contributed by atoms with Crippen molar-refractivity contribution in [1.82, 2.24) is 0 Å². The summed E-state index contributed by atoms with van der Waals surface area (Å²) in [5, 5.41) is 0. The van der Waals surface area contributed by atoms with Crippen LogP contribution in [-0.2, 0) is 6.42 Å². The molecule has 120 valence electrons. The molecule has 0 fully saturated rings. The van der Waals surface area contributed by atoms with E-state index in [1.807, 2.05) is 6.08 Å². The molecule has 1 aromatic carbocycles.